The molecule has 1 rings (SSSR count). The third-order valence-electron chi connectivity index (χ3n) is 3.04. The van der Waals surface area contributed by atoms with Crippen molar-refractivity contribution in [3.63, 3.8) is 0 Å². The molecule has 0 spiro atoms. The number of carbonyl (C=O) groups is 1. The summed E-state index contributed by atoms with van der Waals surface area (Å²) >= 11 is 0. The van der Waals surface area contributed by atoms with Crippen LogP contribution in [0.25, 0.3) is 0 Å². The van der Waals surface area contributed by atoms with Crippen LogP contribution < -0.4 is 11.1 Å². The van der Waals surface area contributed by atoms with Crippen LogP contribution in [0.1, 0.15) is 27.7 Å². The minimum Gasteiger partial charge on any atom is -0.399 e. The van der Waals surface area contributed by atoms with Crippen LogP contribution in [0.15, 0.2) is 36.0 Å². The number of carbonyl (C=O) groups excluding carboxylic acids is 1. The Labute approximate surface area is 138 Å². The molecule has 0 atom stereocenters. The number of hydrogen-bond acceptors (Lipinski definition) is 4. The van der Waals surface area contributed by atoms with Crippen molar-refractivity contribution >= 4 is 17.3 Å². The van der Waals surface area contributed by atoms with Crippen LogP contribution in [0.4, 0.5) is 11.4 Å². The average molecular weight is 314 g/mol. The van der Waals surface area contributed by atoms with Crippen molar-refractivity contribution in [2.75, 3.05) is 24.1 Å². The van der Waals surface area contributed by atoms with Crippen LogP contribution in [-0.4, -0.2) is 23.9 Å². The molecule has 124 valence electrons. The number of benzene rings is 1. The van der Waals surface area contributed by atoms with E-state index in [0.29, 0.717) is 23.2 Å². The molecule has 0 aliphatic heterocycles. The van der Waals surface area contributed by atoms with Crippen molar-refractivity contribution in [2.24, 2.45) is 11.8 Å². The SMILES string of the molecule is CC(C)CN(/C=C(/C#N)C(=O)Nc1ccc(N)cc1)CC(C)C. The molecule has 0 radical (unpaired) electrons. The molecule has 0 bridgehead atoms. The first-order valence-corrected chi connectivity index (χ1v) is 7.84. The van der Waals surface area contributed by atoms with E-state index in [1.165, 1.54) is 0 Å². The molecule has 1 aromatic rings. The summed E-state index contributed by atoms with van der Waals surface area (Å²) < 4.78 is 0. The molecule has 23 heavy (non-hydrogen) atoms. The lowest BCUT2D eigenvalue weighted by molar-refractivity contribution is -0.112. The summed E-state index contributed by atoms with van der Waals surface area (Å²) in [4.78, 5) is 14.3. The van der Waals surface area contributed by atoms with Gasteiger partial charge in [0.2, 0.25) is 0 Å². The van der Waals surface area contributed by atoms with Crippen molar-refractivity contribution in [1.82, 2.24) is 4.90 Å². The number of anilines is 2. The number of amides is 1. The van der Waals surface area contributed by atoms with Gasteiger partial charge < -0.3 is 16.0 Å². The number of nitrogens with zero attached hydrogens (tertiary/aromatic N) is 2. The maximum atomic E-state index is 12.3. The van der Waals surface area contributed by atoms with Gasteiger partial charge in [-0.25, -0.2) is 0 Å². The average Bonchev–Trinajstić information content (AvgIpc) is 2.45. The van der Waals surface area contributed by atoms with Crippen molar-refractivity contribution in [2.45, 2.75) is 27.7 Å². The monoisotopic (exact) mass is 314 g/mol. The molecule has 1 aromatic carbocycles. The quantitative estimate of drug-likeness (QED) is 0.460. The van der Waals surface area contributed by atoms with E-state index in [9.17, 15) is 10.1 Å². The fraction of sp³-hybridized carbons (Fsp3) is 0.444. The molecule has 0 fully saturated rings. The largest absolute Gasteiger partial charge is 0.399 e. The Kier molecular flexibility index (Phi) is 7.14. The summed E-state index contributed by atoms with van der Waals surface area (Å²) in [6.45, 7) is 10.1. The topological polar surface area (TPSA) is 82.2 Å². The molecule has 1 amide bonds. The van der Waals surface area contributed by atoms with Crippen LogP contribution in [0.2, 0.25) is 0 Å². The fourth-order valence-corrected chi connectivity index (χ4v) is 2.20. The zero-order chi connectivity index (χ0) is 17.4. The molecular weight excluding hydrogens is 288 g/mol. The second-order valence-electron chi connectivity index (χ2n) is 6.47. The number of nitrogen functional groups attached to an aromatic ring is 1. The van der Waals surface area contributed by atoms with Gasteiger partial charge in [0.25, 0.3) is 5.91 Å². The molecular formula is C18H26N4O. The Balaban J connectivity index is 2.87. The van der Waals surface area contributed by atoms with Crippen molar-refractivity contribution in [3.05, 3.63) is 36.0 Å². The molecule has 3 N–H and O–H groups in total. The van der Waals surface area contributed by atoms with Gasteiger partial charge in [0.15, 0.2) is 0 Å². The first kappa shape index (κ1) is 18.6. The Hall–Kier alpha value is -2.48. The van der Waals surface area contributed by atoms with Gasteiger partial charge in [0, 0.05) is 30.7 Å². The minimum absolute atomic E-state index is 0.100. The van der Waals surface area contributed by atoms with E-state index in [4.69, 9.17) is 5.73 Å². The zero-order valence-electron chi connectivity index (χ0n) is 14.3. The van der Waals surface area contributed by atoms with E-state index in [0.717, 1.165) is 13.1 Å². The van der Waals surface area contributed by atoms with Crippen molar-refractivity contribution < 1.29 is 4.79 Å². The minimum atomic E-state index is -0.408. The van der Waals surface area contributed by atoms with Gasteiger partial charge in [-0.1, -0.05) is 27.7 Å². The molecule has 5 nitrogen and oxygen atoms in total. The highest BCUT2D eigenvalue weighted by Gasteiger charge is 2.13. The van der Waals surface area contributed by atoms with Crippen LogP contribution in [-0.2, 0) is 4.79 Å². The maximum absolute atomic E-state index is 12.3. The lowest BCUT2D eigenvalue weighted by Crippen LogP contribution is -2.28. The van der Waals surface area contributed by atoms with E-state index >= 15 is 0 Å². The molecule has 0 saturated heterocycles. The van der Waals surface area contributed by atoms with E-state index in [-0.39, 0.29) is 5.57 Å². The van der Waals surface area contributed by atoms with Crippen molar-refractivity contribution in [1.29, 1.82) is 5.26 Å². The molecule has 0 aromatic heterocycles. The Morgan fingerprint density at radius 2 is 1.74 bits per heavy atom. The van der Waals surface area contributed by atoms with E-state index in [2.05, 4.69) is 33.0 Å². The summed E-state index contributed by atoms with van der Waals surface area (Å²) in [5.74, 6) is 0.491. The summed E-state index contributed by atoms with van der Waals surface area (Å²) in [7, 11) is 0. The van der Waals surface area contributed by atoms with Crippen LogP contribution in [0, 0.1) is 23.2 Å². The first-order chi connectivity index (χ1) is 10.8. The molecule has 0 unspecified atom stereocenters. The fourth-order valence-electron chi connectivity index (χ4n) is 2.20. The van der Waals surface area contributed by atoms with Crippen LogP contribution >= 0.6 is 0 Å². The summed E-state index contributed by atoms with van der Waals surface area (Å²) in [5.41, 5.74) is 6.96. The Morgan fingerprint density at radius 3 is 2.17 bits per heavy atom. The normalized spacial score (nSPS) is 11.4. The highest BCUT2D eigenvalue weighted by Crippen LogP contribution is 2.13. The molecule has 5 heteroatoms. The highest BCUT2D eigenvalue weighted by atomic mass is 16.1. The standard InChI is InChI=1S/C18H26N4O/c1-13(2)10-22(11-14(3)4)12-15(9-19)18(23)21-17-7-5-16(20)6-8-17/h5-8,12-14H,10-11,20H2,1-4H3,(H,21,23)/b15-12-. The number of nitrogens with one attached hydrogen (secondary N) is 1. The Bertz CT molecular complexity index is 572. The van der Waals surface area contributed by atoms with Gasteiger partial charge in [-0.2, -0.15) is 5.26 Å². The second-order valence-corrected chi connectivity index (χ2v) is 6.47. The van der Waals surface area contributed by atoms with Gasteiger partial charge >= 0.3 is 0 Å². The van der Waals surface area contributed by atoms with Gasteiger partial charge in [-0.3, -0.25) is 4.79 Å². The highest BCUT2D eigenvalue weighted by molar-refractivity contribution is 6.06. The Morgan fingerprint density at radius 1 is 1.22 bits per heavy atom. The van der Waals surface area contributed by atoms with E-state index in [1.807, 2.05) is 11.0 Å². The zero-order valence-corrected chi connectivity index (χ0v) is 14.3. The second kappa shape index (κ2) is 8.84. The van der Waals surface area contributed by atoms with Gasteiger partial charge in [-0.15, -0.1) is 0 Å². The summed E-state index contributed by atoms with van der Waals surface area (Å²) in [6, 6.07) is 8.82. The molecule has 0 heterocycles. The van der Waals surface area contributed by atoms with Gasteiger partial charge in [-0.05, 0) is 36.1 Å². The lowest BCUT2D eigenvalue weighted by atomic mass is 10.1. The summed E-state index contributed by atoms with van der Waals surface area (Å²) in [6.07, 6.45) is 1.66. The van der Waals surface area contributed by atoms with Crippen LogP contribution in [0.5, 0.6) is 0 Å². The third-order valence-corrected chi connectivity index (χ3v) is 3.04. The first-order valence-electron chi connectivity index (χ1n) is 7.84. The smallest absolute Gasteiger partial charge is 0.267 e. The maximum Gasteiger partial charge on any atom is 0.267 e. The third kappa shape index (κ3) is 6.88. The molecule has 0 aliphatic carbocycles. The predicted octanol–water partition coefficient (Wildman–Crippen LogP) is 3.23. The lowest BCUT2D eigenvalue weighted by Gasteiger charge is -2.25. The van der Waals surface area contributed by atoms with Crippen LogP contribution in [0.3, 0.4) is 0 Å². The van der Waals surface area contributed by atoms with Gasteiger partial charge in [0.1, 0.15) is 11.6 Å². The van der Waals surface area contributed by atoms with E-state index in [1.54, 1.807) is 30.5 Å². The molecule has 0 saturated carbocycles. The number of rotatable bonds is 7. The predicted molar refractivity (Wildman–Crippen MR) is 94.4 cm³/mol. The number of hydrogen-bond donors (Lipinski definition) is 2. The van der Waals surface area contributed by atoms with E-state index < -0.39 is 5.91 Å². The summed E-state index contributed by atoms with van der Waals surface area (Å²) in [5, 5.41) is 12.0. The number of nitrogens with two attached hydrogens (primary N) is 1. The number of nitriles is 1. The van der Waals surface area contributed by atoms with Crippen molar-refractivity contribution in [3.8, 4) is 6.07 Å². The molecule has 0 aliphatic rings. The van der Waals surface area contributed by atoms with Gasteiger partial charge in [0.05, 0.1) is 0 Å².